The molecular weight excluding hydrogens is 404 g/mol. The van der Waals surface area contributed by atoms with E-state index in [0.717, 1.165) is 43.7 Å². The number of hydrogen-bond donors (Lipinski definition) is 0. The van der Waals surface area contributed by atoms with Gasteiger partial charge in [0, 0.05) is 13.1 Å². The van der Waals surface area contributed by atoms with Crippen LogP contribution in [0, 0.1) is 0 Å². The third-order valence-corrected chi connectivity index (χ3v) is 5.65. The first kappa shape index (κ1) is 21.9. The van der Waals surface area contributed by atoms with Gasteiger partial charge in [0.1, 0.15) is 17.2 Å². The number of likely N-dealkylation sites (tertiary alicyclic amines) is 1. The maximum absolute atomic E-state index is 13.6. The Kier molecular flexibility index (Phi) is 6.49. The van der Waals surface area contributed by atoms with Crippen molar-refractivity contribution in [2.75, 3.05) is 24.6 Å². The summed E-state index contributed by atoms with van der Waals surface area (Å²) >= 11 is 0. The maximum Gasteiger partial charge on any atom is 0.282 e. The first-order valence-electron chi connectivity index (χ1n) is 11.4. The largest absolute Gasteiger partial charge is 0.494 e. The van der Waals surface area contributed by atoms with Crippen molar-refractivity contribution in [1.29, 1.82) is 0 Å². The zero-order chi connectivity index (χ0) is 22.7. The Balaban J connectivity index is 1.72. The van der Waals surface area contributed by atoms with E-state index in [1.54, 1.807) is 24.3 Å². The van der Waals surface area contributed by atoms with Gasteiger partial charge < -0.3 is 14.4 Å². The fourth-order valence-corrected chi connectivity index (χ4v) is 4.25. The van der Waals surface area contributed by atoms with E-state index in [4.69, 9.17) is 9.47 Å². The molecule has 0 aromatic heterocycles. The predicted molar refractivity (Wildman–Crippen MR) is 125 cm³/mol. The first-order chi connectivity index (χ1) is 15.5. The number of hydrogen-bond acceptors (Lipinski definition) is 5. The molecule has 0 radical (unpaired) electrons. The van der Waals surface area contributed by atoms with Gasteiger partial charge in [-0.1, -0.05) is 12.1 Å². The third kappa shape index (κ3) is 4.35. The van der Waals surface area contributed by atoms with Crippen LogP contribution in [0.5, 0.6) is 11.5 Å². The molecule has 0 atom stereocenters. The van der Waals surface area contributed by atoms with E-state index in [1.807, 2.05) is 45.0 Å². The second-order valence-corrected chi connectivity index (χ2v) is 8.33. The molecule has 0 spiro atoms. The Labute approximate surface area is 189 Å². The molecule has 168 valence electrons. The minimum atomic E-state index is -0.294. The Morgan fingerprint density at radius 1 is 0.844 bits per heavy atom. The molecule has 2 amide bonds. The monoisotopic (exact) mass is 434 g/mol. The number of anilines is 1. The predicted octanol–water partition coefficient (Wildman–Crippen LogP) is 4.64. The van der Waals surface area contributed by atoms with Gasteiger partial charge in [-0.3, -0.25) is 9.59 Å². The lowest BCUT2D eigenvalue weighted by molar-refractivity contribution is -0.120. The lowest BCUT2D eigenvalue weighted by Gasteiger charge is -2.29. The van der Waals surface area contributed by atoms with E-state index in [2.05, 4.69) is 4.90 Å². The SMILES string of the molecule is CCOc1ccc(N2C(=O)C(c3ccc(OC(C)C)cc3)=C(N3CCCCC3)C2=O)cc1. The summed E-state index contributed by atoms with van der Waals surface area (Å²) in [5.41, 5.74) is 2.24. The highest BCUT2D eigenvalue weighted by atomic mass is 16.5. The Hall–Kier alpha value is -3.28. The van der Waals surface area contributed by atoms with Crippen molar-refractivity contribution in [3.63, 3.8) is 0 Å². The van der Waals surface area contributed by atoms with Crippen LogP contribution in [0.4, 0.5) is 5.69 Å². The van der Waals surface area contributed by atoms with Crippen LogP contribution in [-0.2, 0) is 9.59 Å². The molecule has 0 unspecified atom stereocenters. The molecule has 6 nitrogen and oxygen atoms in total. The van der Waals surface area contributed by atoms with Gasteiger partial charge in [-0.25, -0.2) is 4.90 Å². The summed E-state index contributed by atoms with van der Waals surface area (Å²) in [7, 11) is 0. The third-order valence-electron chi connectivity index (χ3n) is 5.65. The average Bonchev–Trinajstić information content (AvgIpc) is 3.05. The Morgan fingerprint density at radius 3 is 2.06 bits per heavy atom. The highest BCUT2D eigenvalue weighted by Gasteiger charge is 2.42. The van der Waals surface area contributed by atoms with E-state index in [0.29, 0.717) is 29.3 Å². The summed E-state index contributed by atoms with van der Waals surface area (Å²) in [5, 5.41) is 0. The maximum atomic E-state index is 13.6. The molecule has 1 saturated heterocycles. The summed E-state index contributed by atoms with van der Waals surface area (Å²) in [5.74, 6) is 0.889. The topological polar surface area (TPSA) is 59.1 Å². The van der Waals surface area contributed by atoms with Crippen molar-refractivity contribution < 1.29 is 19.1 Å². The molecular formula is C26H30N2O4. The van der Waals surface area contributed by atoms with Gasteiger partial charge in [0.2, 0.25) is 0 Å². The zero-order valence-corrected chi connectivity index (χ0v) is 19.0. The number of piperidine rings is 1. The number of carbonyl (C=O) groups excluding carboxylic acids is 2. The highest BCUT2D eigenvalue weighted by Crippen LogP contribution is 2.36. The second kappa shape index (κ2) is 9.47. The molecule has 1 fully saturated rings. The summed E-state index contributed by atoms with van der Waals surface area (Å²) in [6.07, 6.45) is 3.24. The molecule has 4 rings (SSSR count). The van der Waals surface area contributed by atoms with Crippen LogP contribution in [0.25, 0.3) is 5.57 Å². The van der Waals surface area contributed by atoms with Gasteiger partial charge >= 0.3 is 0 Å². The van der Waals surface area contributed by atoms with E-state index < -0.39 is 0 Å². The normalized spacial score (nSPS) is 16.9. The van der Waals surface area contributed by atoms with Crippen molar-refractivity contribution in [2.24, 2.45) is 0 Å². The van der Waals surface area contributed by atoms with E-state index >= 15 is 0 Å². The van der Waals surface area contributed by atoms with Crippen molar-refractivity contribution in [1.82, 2.24) is 4.90 Å². The lowest BCUT2D eigenvalue weighted by atomic mass is 10.0. The van der Waals surface area contributed by atoms with Gasteiger partial charge in [0.15, 0.2) is 0 Å². The number of carbonyl (C=O) groups is 2. The Bertz CT molecular complexity index is 1000. The van der Waals surface area contributed by atoms with Crippen LogP contribution in [0.1, 0.15) is 45.6 Å². The van der Waals surface area contributed by atoms with Gasteiger partial charge in [-0.05, 0) is 82.0 Å². The van der Waals surface area contributed by atoms with Crippen molar-refractivity contribution >= 4 is 23.1 Å². The summed E-state index contributed by atoms with van der Waals surface area (Å²) < 4.78 is 11.2. The van der Waals surface area contributed by atoms with Gasteiger partial charge in [-0.15, -0.1) is 0 Å². The second-order valence-electron chi connectivity index (χ2n) is 8.33. The molecule has 2 aromatic rings. The molecule has 0 bridgehead atoms. The van der Waals surface area contributed by atoms with Crippen LogP contribution in [0.15, 0.2) is 54.2 Å². The fraction of sp³-hybridized carbons (Fsp3) is 0.385. The number of nitrogens with zero attached hydrogens (tertiary/aromatic N) is 2. The molecule has 2 aliphatic heterocycles. The molecule has 0 N–H and O–H groups in total. The fourth-order valence-electron chi connectivity index (χ4n) is 4.25. The summed E-state index contributed by atoms with van der Waals surface area (Å²) in [4.78, 5) is 30.5. The van der Waals surface area contributed by atoms with Crippen molar-refractivity contribution in [3.05, 3.63) is 59.8 Å². The minimum absolute atomic E-state index is 0.0637. The minimum Gasteiger partial charge on any atom is -0.494 e. The van der Waals surface area contributed by atoms with Crippen LogP contribution < -0.4 is 14.4 Å². The first-order valence-corrected chi connectivity index (χ1v) is 11.4. The molecule has 0 saturated carbocycles. The van der Waals surface area contributed by atoms with Crippen LogP contribution >= 0.6 is 0 Å². The number of ether oxygens (including phenoxy) is 2. The van der Waals surface area contributed by atoms with Gasteiger partial charge in [0.05, 0.1) is 24.0 Å². The van der Waals surface area contributed by atoms with Crippen LogP contribution in [0.3, 0.4) is 0 Å². The number of rotatable bonds is 7. The molecule has 2 aliphatic rings. The average molecular weight is 435 g/mol. The molecule has 32 heavy (non-hydrogen) atoms. The van der Waals surface area contributed by atoms with E-state index in [1.165, 1.54) is 4.90 Å². The highest BCUT2D eigenvalue weighted by molar-refractivity contribution is 6.45. The van der Waals surface area contributed by atoms with Crippen molar-refractivity contribution in [2.45, 2.75) is 46.1 Å². The number of amides is 2. The molecule has 6 heteroatoms. The van der Waals surface area contributed by atoms with Crippen LogP contribution in [-0.4, -0.2) is 42.5 Å². The smallest absolute Gasteiger partial charge is 0.282 e. The van der Waals surface area contributed by atoms with Crippen LogP contribution in [0.2, 0.25) is 0 Å². The molecule has 0 aliphatic carbocycles. The van der Waals surface area contributed by atoms with Gasteiger partial charge in [0.25, 0.3) is 11.8 Å². The zero-order valence-electron chi connectivity index (χ0n) is 19.0. The van der Waals surface area contributed by atoms with Gasteiger partial charge in [-0.2, -0.15) is 0 Å². The standard InChI is InChI=1S/C26H30N2O4/c1-4-31-21-14-10-20(11-15-21)28-25(29)23(19-8-12-22(13-9-19)32-18(2)3)24(26(28)30)27-16-6-5-7-17-27/h8-15,18H,4-7,16-17H2,1-3H3. The quantitative estimate of drug-likeness (QED) is 0.594. The molecule has 2 heterocycles. The van der Waals surface area contributed by atoms with E-state index in [-0.39, 0.29) is 17.9 Å². The number of benzene rings is 2. The molecule has 2 aromatic carbocycles. The van der Waals surface area contributed by atoms with Crippen molar-refractivity contribution in [3.8, 4) is 11.5 Å². The summed E-state index contributed by atoms with van der Waals surface area (Å²) in [6.45, 7) is 7.98. The Morgan fingerprint density at radius 2 is 1.47 bits per heavy atom. The lowest BCUT2D eigenvalue weighted by Crippen LogP contribution is -2.37. The summed E-state index contributed by atoms with van der Waals surface area (Å²) in [6, 6.07) is 14.5. The van der Waals surface area contributed by atoms with E-state index in [9.17, 15) is 9.59 Å². The number of imide groups is 1.